The van der Waals surface area contributed by atoms with Gasteiger partial charge in [0.05, 0.1) is 17.0 Å². The maximum Gasteiger partial charge on any atom is 0.132 e. The number of nitrogens with zero attached hydrogens (tertiary/aromatic N) is 1. The molecule has 0 aliphatic carbocycles. The molecule has 0 saturated carbocycles. The van der Waals surface area contributed by atoms with Gasteiger partial charge in [-0.2, -0.15) is 0 Å². The van der Waals surface area contributed by atoms with Crippen LogP contribution in [-0.4, -0.2) is 16.1 Å². The van der Waals surface area contributed by atoms with Crippen LogP contribution in [0.1, 0.15) is 60.7 Å². The molecule has 0 saturated heterocycles. The molecule has 0 amide bonds. The van der Waals surface area contributed by atoms with Gasteiger partial charge in [-0.25, -0.2) is 4.98 Å². The summed E-state index contributed by atoms with van der Waals surface area (Å²) in [7, 11) is 0. The fraction of sp³-hybridized carbons (Fsp3) is 0.562. The smallest absolute Gasteiger partial charge is 0.132 e. The monoisotopic (exact) mass is 308 g/mol. The molecule has 0 bridgehead atoms. The summed E-state index contributed by atoms with van der Waals surface area (Å²) in [6.45, 7) is 8.42. The quantitative estimate of drug-likeness (QED) is 0.817. The van der Waals surface area contributed by atoms with E-state index in [0.29, 0.717) is 12.2 Å². The van der Waals surface area contributed by atoms with Crippen LogP contribution < -0.4 is 5.32 Å². The Bertz CT molecular complexity index is 551. The Morgan fingerprint density at radius 3 is 2.76 bits per heavy atom. The third kappa shape index (κ3) is 4.15. The number of aromatic nitrogens is 1. The van der Waals surface area contributed by atoms with Crippen molar-refractivity contribution in [3.8, 4) is 0 Å². The molecule has 2 aromatic heterocycles. The number of aliphatic hydroxyl groups excluding tert-OH is 1. The van der Waals surface area contributed by atoms with Gasteiger partial charge >= 0.3 is 0 Å². The van der Waals surface area contributed by atoms with E-state index in [1.165, 1.54) is 9.88 Å². The summed E-state index contributed by atoms with van der Waals surface area (Å²) in [5.74, 6) is 0.624. The van der Waals surface area contributed by atoms with Crippen LogP contribution in [0.25, 0.3) is 0 Å². The minimum atomic E-state index is -0.566. The highest BCUT2D eigenvalue weighted by Gasteiger charge is 2.19. The molecular formula is C16H24N2O2S. The summed E-state index contributed by atoms with van der Waals surface area (Å²) in [5.41, 5.74) is 1.11. The van der Waals surface area contributed by atoms with Gasteiger partial charge in [0.25, 0.3) is 0 Å². The Labute approximate surface area is 130 Å². The summed E-state index contributed by atoms with van der Waals surface area (Å²) in [4.78, 5) is 5.86. The number of nitrogens with one attached hydrogen (secondary N) is 1. The van der Waals surface area contributed by atoms with Gasteiger partial charge in [-0.05, 0) is 45.7 Å². The Hall–Kier alpha value is -1.17. The molecule has 5 heteroatoms. The lowest BCUT2D eigenvalue weighted by atomic mass is 10.1. The summed E-state index contributed by atoms with van der Waals surface area (Å²) in [5, 5.41) is 14.8. The topological polar surface area (TPSA) is 58.3 Å². The molecule has 4 nitrogen and oxygen atoms in total. The van der Waals surface area contributed by atoms with Gasteiger partial charge in [0.1, 0.15) is 11.9 Å². The average molecular weight is 308 g/mol. The van der Waals surface area contributed by atoms with Crippen LogP contribution >= 0.6 is 11.3 Å². The van der Waals surface area contributed by atoms with Crippen LogP contribution in [0.3, 0.4) is 0 Å². The van der Waals surface area contributed by atoms with E-state index in [0.717, 1.165) is 12.1 Å². The van der Waals surface area contributed by atoms with Gasteiger partial charge in [-0.15, -0.1) is 11.3 Å². The molecule has 0 aliphatic rings. The second-order valence-electron chi connectivity index (χ2n) is 5.47. The summed E-state index contributed by atoms with van der Waals surface area (Å²) < 4.78 is 5.24. The molecule has 2 N–H and O–H groups in total. The summed E-state index contributed by atoms with van der Waals surface area (Å²) in [6, 6.07) is 4.03. The lowest BCUT2D eigenvalue weighted by Gasteiger charge is -2.21. The Kier molecular flexibility index (Phi) is 5.56. The number of hydrogen-bond acceptors (Lipinski definition) is 5. The number of aliphatic hydroxyl groups is 1. The second kappa shape index (κ2) is 7.20. The van der Waals surface area contributed by atoms with Gasteiger partial charge < -0.3 is 14.8 Å². The van der Waals surface area contributed by atoms with E-state index in [2.05, 4.69) is 38.0 Å². The first-order chi connectivity index (χ1) is 10.0. The van der Waals surface area contributed by atoms with Crippen molar-refractivity contribution in [2.24, 2.45) is 0 Å². The van der Waals surface area contributed by atoms with Gasteiger partial charge in [0.2, 0.25) is 0 Å². The summed E-state index contributed by atoms with van der Waals surface area (Å²) in [6.07, 6.45) is 2.62. The van der Waals surface area contributed by atoms with Crippen molar-refractivity contribution in [1.29, 1.82) is 0 Å². The second-order valence-corrected chi connectivity index (χ2v) is 6.58. The minimum Gasteiger partial charge on any atom is -0.467 e. The Balaban J connectivity index is 1.92. The number of hydrogen-bond donors (Lipinski definition) is 2. The van der Waals surface area contributed by atoms with Crippen molar-refractivity contribution in [1.82, 2.24) is 10.3 Å². The standard InChI is InChI=1S/C16H24N2O2S/c1-5-15-18-12(4)16(21-15)11(3)17-10(2)9-13(19)14-7-6-8-20-14/h6-8,10-11,13,17,19H,5,9H2,1-4H3. The molecule has 0 fully saturated rings. The zero-order valence-electron chi connectivity index (χ0n) is 13.1. The SMILES string of the molecule is CCc1nc(C)c(C(C)NC(C)CC(O)c2ccco2)s1. The van der Waals surface area contributed by atoms with Crippen LogP contribution in [0.5, 0.6) is 0 Å². The van der Waals surface area contributed by atoms with Crippen LogP contribution in [0, 0.1) is 6.92 Å². The molecule has 0 spiro atoms. The maximum absolute atomic E-state index is 10.1. The fourth-order valence-corrected chi connectivity index (χ4v) is 3.54. The minimum absolute atomic E-state index is 0.187. The highest BCUT2D eigenvalue weighted by Crippen LogP contribution is 2.26. The fourth-order valence-electron chi connectivity index (χ4n) is 2.52. The first-order valence-corrected chi connectivity index (χ1v) is 8.26. The van der Waals surface area contributed by atoms with Crippen LogP contribution in [0.15, 0.2) is 22.8 Å². The van der Waals surface area contributed by atoms with E-state index in [9.17, 15) is 5.11 Å². The predicted octanol–water partition coefficient (Wildman–Crippen LogP) is 3.77. The number of rotatable bonds is 7. The molecule has 3 atom stereocenters. The predicted molar refractivity (Wildman–Crippen MR) is 85.5 cm³/mol. The van der Waals surface area contributed by atoms with Gasteiger partial charge in [0.15, 0.2) is 0 Å². The van der Waals surface area contributed by atoms with Gasteiger partial charge in [0, 0.05) is 17.0 Å². The molecular weight excluding hydrogens is 284 g/mol. The van der Waals surface area contributed by atoms with Gasteiger partial charge in [-0.3, -0.25) is 0 Å². The van der Waals surface area contributed by atoms with Crippen molar-refractivity contribution in [2.75, 3.05) is 0 Å². The van der Waals surface area contributed by atoms with Crippen LogP contribution in [0.2, 0.25) is 0 Å². The lowest BCUT2D eigenvalue weighted by Crippen LogP contribution is -2.30. The van der Waals surface area contributed by atoms with E-state index in [1.54, 1.807) is 23.7 Å². The number of furan rings is 1. The van der Waals surface area contributed by atoms with Crippen molar-refractivity contribution in [3.05, 3.63) is 39.7 Å². The van der Waals surface area contributed by atoms with Crippen molar-refractivity contribution in [2.45, 2.75) is 58.7 Å². The van der Waals surface area contributed by atoms with Crippen LogP contribution in [0.4, 0.5) is 0 Å². The van der Waals surface area contributed by atoms with E-state index in [4.69, 9.17) is 4.42 Å². The average Bonchev–Trinajstić information content (AvgIpc) is 3.07. The third-order valence-electron chi connectivity index (χ3n) is 3.56. The van der Waals surface area contributed by atoms with Crippen molar-refractivity contribution in [3.63, 3.8) is 0 Å². The Morgan fingerprint density at radius 2 is 2.19 bits per heavy atom. The van der Waals surface area contributed by atoms with E-state index < -0.39 is 6.10 Å². The Morgan fingerprint density at radius 1 is 1.43 bits per heavy atom. The normalized spacial score (nSPS) is 15.9. The molecule has 21 heavy (non-hydrogen) atoms. The first-order valence-electron chi connectivity index (χ1n) is 7.45. The number of aryl methyl sites for hydroxylation is 2. The first kappa shape index (κ1) is 16.2. The maximum atomic E-state index is 10.1. The molecule has 2 heterocycles. The molecule has 0 radical (unpaired) electrons. The van der Waals surface area contributed by atoms with E-state index >= 15 is 0 Å². The van der Waals surface area contributed by atoms with Crippen molar-refractivity contribution >= 4 is 11.3 Å². The lowest BCUT2D eigenvalue weighted by molar-refractivity contribution is 0.127. The van der Waals surface area contributed by atoms with E-state index in [-0.39, 0.29) is 12.1 Å². The largest absolute Gasteiger partial charge is 0.467 e. The zero-order valence-corrected chi connectivity index (χ0v) is 13.9. The summed E-state index contributed by atoms with van der Waals surface area (Å²) >= 11 is 1.77. The molecule has 3 unspecified atom stereocenters. The number of thiazole rings is 1. The highest BCUT2D eigenvalue weighted by molar-refractivity contribution is 7.11. The molecule has 2 aromatic rings. The van der Waals surface area contributed by atoms with Gasteiger partial charge in [-0.1, -0.05) is 6.92 Å². The third-order valence-corrected chi connectivity index (χ3v) is 5.04. The molecule has 2 rings (SSSR count). The van der Waals surface area contributed by atoms with Crippen LogP contribution in [-0.2, 0) is 6.42 Å². The molecule has 0 aliphatic heterocycles. The highest BCUT2D eigenvalue weighted by atomic mass is 32.1. The molecule has 116 valence electrons. The van der Waals surface area contributed by atoms with Crippen molar-refractivity contribution < 1.29 is 9.52 Å². The molecule has 0 aromatic carbocycles. The van der Waals surface area contributed by atoms with E-state index in [1.807, 2.05) is 6.07 Å². The zero-order chi connectivity index (χ0) is 15.4.